The van der Waals surface area contributed by atoms with E-state index in [-0.39, 0.29) is 6.61 Å². The first-order valence-corrected chi connectivity index (χ1v) is 4.41. The molecule has 0 aromatic heterocycles. The Balaban J connectivity index is 0.000000336. The van der Waals surface area contributed by atoms with Crippen molar-refractivity contribution in [3.63, 3.8) is 0 Å². The lowest BCUT2D eigenvalue weighted by atomic mass is 10.6. The quantitative estimate of drug-likeness (QED) is 0.661. The first-order chi connectivity index (χ1) is 7.13. The molecule has 0 fully saturated rings. The van der Waals surface area contributed by atoms with Crippen LogP contribution in [0.4, 0.5) is 0 Å². The van der Waals surface area contributed by atoms with Crippen molar-refractivity contribution in [3.05, 3.63) is 37.8 Å². The van der Waals surface area contributed by atoms with E-state index < -0.39 is 5.97 Å². The third-order valence-corrected chi connectivity index (χ3v) is 1.61. The van der Waals surface area contributed by atoms with Gasteiger partial charge >= 0.3 is 5.97 Å². The highest BCUT2D eigenvalue weighted by Crippen LogP contribution is 2.04. The summed E-state index contributed by atoms with van der Waals surface area (Å²) in [7, 11) is 0. The fourth-order valence-corrected chi connectivity index (χ4v) is 0.876. The molecule has 15 heavy (non-hydrogen) atoms. The van der Waals surface area contributed by atoms with Gasteiger partial charge < -0.3 is 20.0 Å². The zero-order chi connectivity index (χ0) is 11.7. The first kappa shape index (κ1) is 13.2. The van der Waals surface area contributed by atoms with E-state index in [1.54, 1.807) is 6.20 Å². The molecule has 1 heterocycles. The minimum absolute atomic E-state index is 0.204. The topological polar surface area (TPSA) is 64.0 Å². The summed E-state index contributed by atoms with van der Waals surface area (Å²) in [5.74, 6) is -0.981. The van der Waals surface area contributed by atoms with Crippen molar-refractivity contribution in [1.29, 1.82) is 0 Å². The molecule has 1 aliphatic rings. The molecule has 5 heteroatoms. The number of carboxylic acid groups (broad SMARTS) is 1. The lowest BCUT2D eigenvalue weighted by molar-refractivity contribution is -0.131. The summed E-state index contributed by atoms with van der Waals surface area (Å²) in [5.41, 5.74) is 0. The average Bonchev–Trinajstić information content (AvgIpc) is 2.67. The van der Waals surface area contributed by atoms with Gasteiger partial charge in [-0.1, -0.05) is 13.2 Å². The van der Waals surface area contributed by atoms with Gasteiger partial charge in [-0.2, -0.15) is 0 Å². The molecule has 0 aliphatic carbocycles. The van der Waals surface area contributed by atoms with Gasteiger partial charge in [0.2, 0.25) is 0 Å². The van der Waals surface area contributed by atoms with Crippen LogP contribution in [-0.2, 0) is 4.79 Å². The molecule has 84 valence electrons. The number of β-amino-alcohol motifs (C(OH)–C–C–N with tert-alkyl or cyclic N) is 1. The third-order valence-electron chi connectivity index (χ3n) is 1.61. The van der Waals surface area contributed by atoms with E-state index >= 15 is 0 Å². The van der Waals surface area contributed by atoms with Crippen molar-refractivity contribution in [2.75, 3.05) is 19.8 Å². The molecule has 0 unspecified atom stereocenters. The second-order valence-electron chi connectivity index (χ2n) is 2.71. The highest BCUT2D eigenvalue weighted by atomic mass is 16.4. The highest BCUT2D eigenvalue weighted by Gasteiger charge is 2.06. The van der Waals surface area contributed by atoms with Gasteiger partial charge in [0.1, 0.15) is 0 Å². The summed E-state index contributed by atoms with van der Waals surface area (Å²) in [6.45, 7) is 8.29. The predicted molar refractivity (Wildman–Crippen MR) is 57.7 cm³/mol. The molecule has 0 atom stereocenters. The zero-order valence-corrected chi connectivity index (χ0v) is 8.54. The summed E-state index contributed by atoms with van der Waals surface area (Å²) < 4.78 is 0. The van der Waals surface area contributed by atoms with E-state index in [1.807, 2.05) is 22.2 Å². The molecule has 0 bridgehead atoms. The average molecular weight is 212 g/mol. The van der Waals surface area contributed by atoms with Crippen molar-refractivity contribution < 1.29 is 15.0 Å². The van der Waals surface area contributed by atoms with Crippen molar-refractivity contribution >= 4 is 5.97 Å². The van der Waals surface area contributed by atoms with Crippen molar-refractivity contribution in [2.45, 2.75) is 0 Å². The van der Waals surface area contributed by atoms with Crippen LogP contribution < -0.4 is 0 Å². The molecule has 0 spiro atoms. The van der Waals surface area contributed by atoms with E-state index in [0.29, 0.717) is 6.54 Å². The van der Waals surface area contributed by atoms with Crippen LogP contribution in [0.2, 0.25) is 0 Å². The van der Waals surface area contributed by atoms with Gasteiger partial charge in [0.25, 0.3) is 0 Å². The molecule has 2 N–H and O–H groups in total. The van der Waals surface area contributed by atoms with Crippen LogP contribution in [0.3, 0.4) is 0 Å². The zero-order valence-electron chi connectivity index (χ0n) is 8.54. The van der Waals surface area contributed by atoms with E-state index in [9.17, 15) is 4.79 Å². The molecule has 0 saturated carbocycles. The lowest BCUT2D eigenvalue weighted by Gasteiger charge is -2.16. The van der Waals surface area contributed by atoms with E-state index in [0.717, 1.165) is 12.7 Å². The molecule has 0 radical (unpaired) electrons. The normalized spacial score (nSPS) is 13.1. The van der Waals surface area contributed by atoms with Crippen molar-refractivity contribution in [1.82, 2.24) is 9.80 Å². The Kier molecular flexibility index (Phi) is 6.74. The Morgan fingerprint density at radius 2 is 2.07 bits per heavy atom. The van der Waals surface area contributed by atoms with Crippen LogP contribution in [0.1, 0.15) is 0 Å². The number of nitrogens with zero attached hydrogens (tertiary/aromatic N) is 2. The van der Waals surface area contributed by atoms with Gasteiger partial charge in [0.05, 0.1) is 13.3 Å². The largest absolute Gasteiger partial charge is 0.478 e. The Labute approximate surface area is 89.2 Å². The van der Waals surface area contributed by atoms with Crippen LogP contribution in [0.25, 0.3) is 0 Å². The second-order valence-corrected chi connectivity index (χ2v) is 2.71. The molecule has 1 aliphatic heterocycles. The maximum Gasteiger partial charge on any atom is 0.327 e. The maximum absolute atomic E-state index is 9.25. The summed E-state index contributed by atoms with van der Waals surface area (Å²) in [6.07, 6.45) is 6.47. The van der Waals surface area contributed by atoms with Gasteiger partial charge in [-0.15, -0.1) is 0 Å². The van der Waals surface area contributed by atoms with E-state index in [2.05, 4.69) is 13.2 Å². The first-order valence-electron chi connectivity index (χ1n) is 4.41. The van der Waals surface area contributed by atoms with Crippen LogP contribution in [0.5, 0.6) is 0 Å². The molecule has 0 saturated heterocycles. The summed E-state index contributed by atoms with van der Waals surface area (Å²) in [5, 5.41) is 16.2. The summed E-state index contributed by atoms with van der Waals surface area (Å²) in [6, 6.07) is 0. The Morgan fingerprint density at radius 1 is 1.47 bits per heavy atom. The molecule has 1 rings (SSSR count). The van der Waals surface area contributed by atoms with E-state index in [1.165, 1.54) is 0 Å². The van der Waals surface area contributed by atoms with Crippen molar-refractivity contribution in [3.8, 4) is 0 Å². The minimum Gasteiger partial charge on any atom is -0.478 e. The third kappa shape index (κ3) is 6.34. The van der Waals surface area contributed by atoms with Crippen molar-refractivity contribution in [2.24, 2.45) is 0 Å². The number of aliphatic hydroxyl groups excluding tert-OH is 1. The summed E-state index contributed by atoms with van der Waals surface area (Å²) in [4.78, 5) is 13.2. The maximum atomic E-state index is 9.25. The number of carbonyl (C=O) groups is 1. The summed E-state index contributed by atoms with van der Waals surface area (Å²) >= 11 is 0. The number of carboxylic acids is 1. The molecular weight excluding hydrogens is 196 g/mol. The van der Waals surface area contributed by atoms with Gasteiger partial charge in [-0.3, -0.25) is 0 Å². The number of aliphatic hydroxyl groups is 1. The number of hydrogen-bond acceptors (Lipinski definition) is 4. The Morgan fingerprint density at radius 3 is 2.40 bits per heavy atom. The fourth-order valence-electron chi connectivity index (χ4n) is 0.876. The fraction of sp³-hybridized carbons (Fsp3) is 0.300. The lowest BCUT2D eigenvalue weighted by Crippen LogP contribution is -2.24. The van der Waals surface area contributed by atoms with Crippen LogP contribution in [0.15, 0.2) is 37.8 Å². The second kappa shape index (κ2) is 7.64. The van der Waals surface area contributed by atoms with E-state index in [4.69, 9.17) is 10.2 Å². The monoisotopic (exact) mass is 212 g/mol. The van der Waals surface area contributed by atoms with Gasteiger partial charge in [0, 0.05) is 25.0 Å². The molecule has 0 aromatic rings. The molecule has 0 aromatic carbocycles. The predicted octanol–water partition coefficient (Wildman–Crippen LogP) is 0.426. The standard InChI is InChI=1S/C7H12N2O.C3H4O2/c1-2-8-3-4-9(7-8)5-6-10;1-2-3(4)5/h2-4,10H,1,5-7H2;2H,1H2,(H,4,5). The van der Waals surface area contributed by atoms with Crippen LogP contribution in [-0.4, -0.2) is 45.8 Å². The highest BCUT2D eigenvalue weighted by molar-refractivity contribution is 5.78. The molecule has 5 nitrogen and oxygen atoms in total. The Hall–Kier alpha value is -1.75. The number of aliphatic carboxylic acids is 1. The number of rotatable bonds is 4. The Bertz CT molecular complexity index is 251. The van der Waals surface area contributed by atoms with Gasteiger partial charge in [-0.25, -0.2) is 4.79 Å². The van der Waals surface area contributed by atoms with Gasteiger partial charge in [0.15, 0.2) is 0 Å². The molecule has 0 amide bonds. The smallest absolute Gasteiger partial charge is 0.327 e. The minimum atomic E-state index is -0.981. The van der Waals surface area contributed by atoms with Crippen LogP contribution in [0, 0.1) is 0 Å². The number of hydrogen-bond donors (Lipinski definition) is 2. The SMILES string of the molecule is C=CC(=O)O.C=CN1C=CN(CCO)C1. The molecular formula is C10H16N2O3. The van der Waals surface area contributed by atoms with Gasteiger partial charge in [-0.05, 0) is 6.20 Å². The van der Waals surface area contributed by atoms with Crippen LogP contribution >= 0.6 is 0 Å².